The van der Waals surface area contributed by atoms with Gasteiger partial charge in [-0.05, 0) is 12.8 Å². The molecule has 0 aliphatic heterocycles. The van der Waals surface area contributed by atoms with E-state index in [0.29, 0.717) is 6.54 Å². The van der Waals surface area contributed by atoms with Crippen LogP contribution in [-0.4, -0.2) is 34.9 Å². The van der Waals surface area contributed by atoms with Crippen molar-refractivity contribution in [2.75, 3.05) is 13.1 Å². The van der Waals surface area contributed by atoms with E-state index in [1.165, 1.54) is 0 Å². The van der Waals surface area contributed by atoms with Gasteiger partial charge in [-0.3, -0.25) is 4.79 Å². The van der Waals surface area contributed by atoms with Crippen LogP contribution in [0.15, 0.2) is 5.16 Å². The van der Waals surface area contributed by atoms with Crippen LogP contribution in [0.2, 0.25) is 0 Å². The van der Waals surface area contributed by atoms with Crippen LogP contribution in [0, 0.1) is 5.92 Å². The lowest BCUT2D eigenvalue weighted by molar-refractivity contribution is -0.134. The van der Waals surface area contributed by atoms with Gasteiger partial charge in [0.1, 0.15) is 0 Å². The minimum absolute atomic E-state index is 0.00282. The highest BCUT2D eigenvalue weighted by molar-refractivity contribution is 5.87. The summed E-state index contributed by atoms with van der Waals surface area (Å²) in [6, 6.07) is 0. The summed E-state index contributed by atoms with van der Waals surface area (Å²) in [7, 11) is 0. The summed E-state index contributed by atoms with van der Waals surface area (Å²) < 4.78 is 0. The molecule has 0 aromatic rings. The molecule has 0 rings (SSSR count). The van der Waals surface area contributed by atoms with Gasteiger partial charge in [0.05, 0.1) is 6.54 Å². The van der Waals surface area contributed by atoms with Gasteiger partial charge in [0, 0.05) is 12.5 Å². The van der Waals surface area contributed by atoms with Gasteiger partial charge in [-0.25, -0.2) is 0 Å². The Morgan fingerprint density at radius 2 is 2.06 bits per heavy atom. The minimum Gasteiger partial charge on any atom is -0.409 e. The van der Waals surface area contributed by atoms with Gasteiger partial charge in [-0.1, -0.05) is 32.3 Å². The van der Waals surface area contributed by atoms with Gasteiger partial charge in [0.25, 0.3) is 0 Å². The fourth-order valence-electron chi connectivity index (χ4n) is 1.63. The number of amidine groups is 1. The average Bonchev–Trinajstić information content (AvgIpc) is 2.27. The number of nitrogens with zero attached hydrogens (tertiary/aromatic N) is 2. The molecule has 0 aliphatic carbocycles. The van der Waals surface area contributed by atoms with Crippen molar-refractivity contribution in [1.29, 1.82) is 0 Å². The van der Waals surface area contributed by atoms with E-state index in [2.05, 4.69) is 12.1 Å². The van der Waals surface area contributed by atoms with Crippen LogP contribution in [0.5, 0.6) is 0 Å². The lowest BCUT2D eigenvalue weighted by atomic mass is 10.0. The van der Waals surface area contributed by atoms with Gasteiger partial charge < -0.3 is 15.8 Å². The highest BCUT2D eigenvalue weighted by Gasteiger charge is 2.19. The van der Waals surface area contributed by atoms with Crippen LogP contribution in [0.4, 0.5) is 0 Å². The molecular formula is C11H23N3O2. The molecular weight excluding hydrogens is 206 g/mol. The van der Waals surface area contributed by atoms with Crippen LogP contribution in [-0.2, 0) is 4.79 Å². The zero-order valence-corrected chi connectivity index (χ0v) is 10.4. The third-order valence-electron chi connectivity index (χ3n) is 2.43. The Labute approximate surface area is 97.3 Å². The van der Waals surface area contributed by atoms with E-state index in [1.54, 1.807) is 4.90 Å². The number of hydrogen-bond acceptors (Lipinski definition) is 3. The highest BCUT2D eigenvalue weighted by Crippen LogP contribution is 2.09. The molecule has 1 amide bonds. The number of hydrogen-bond donors (Lipinski definition) is 2. The molecule has 0 fully saturated rings. The molecule has 5 heteroatoms. The zero-order chi connectivity index (χ0) is 12.6. The molecule has 0 aromatic carbocycles. The lowest BCUT2D eigenvalue weighted by Crippen LogP contribution is -2.41. The largest absolute Gasteiger partial charge is 0.409 e. The predicted octanol–water partition coefficient (Wildman–Crippen LogP) is 1.41. The minimum atomic E-state index is 0.00282. The fourth-order valence-corrected chi connectivity index (χ4v) is 1.63. The Hall–Kier alpha value is -1.26. The highest BCUT2D eigenvalue weighted by atomic mass is 16.4. The van der Waals surface area contributed by atoms with Gasteiger partial charge in [0.2, 0.25) is 5.91 Å². The van der Waals surface area contributed by atoms with Crippen molar-refractivity contribution in [3.8, 4) is 0 Å². The molecule has 0 bridgehead atoms. The number of carbonyl (C=O) groups is 1. The molecule has 0 saturated heterocycles. The van der Waals surface area contributed by atoms with Crippen molar-refractivity contribution in [3.05, 3.63) is 0 Å². The van der Waals surface area contributed by atoms with Crippen molar-refractivity contribution >= 4 is 11.7 Å². The molecule has 0 aliphatic rings. The summed E-state index contributed by atoms with van der Waals surface area (Å²) in [5, 5.41) is 11.4. The Kier molecular flexibility index (Phi) is 7.33. The first kappa shape index (κ1) is 14.7. The quantitative estimate of drug-likeness (QED) is 0.300. The molecule has 0 radical (unpaired) electrons. The van der Waals surface area contributed by atoms with Crippen LogP contribution >= 0.6 is 0 Å². The number of nitrogens with two attached hydrogens (primary N) is 1. The van der Waals surface area contributed by atoms with E-state index in [9.17, 15) is 4.79 Å². The van der Waals surface area contributed by atoms with Gasteiger partial charge in [0.15, 0.2) is 5.84 Å². The van der Waals surface area contributed by atoms with Crippen molar-refractivity contribution < 1.29 is 10.0 Å². The molecule has 94 valence electrons. The molecule has 0 saturated carbocycles. The standard InChI is InChI=1S/C11H23N3O2/c1-4-6-9(3)11(15)14(7-5-2)8-10(12)13-16/h9,16H,4-8H2,1-3H3,(H2,12,13). The maximum absolute atomic E-state index is 12.0. The Balaban J connectivity index is 4.45. The summed E-state index contributed by atoms with van der Waals surface area (Å²) >= 11 is 0. The summed E-state index contributed by atoms with van der Waals surface area (Å²) in [6.45, 7) is 6.82. The summed E-state index contributed by atoms with van der Waals surface area (Å²) in [5.74, 6) is 0.156. The second-order valence-corrected chi connectivity index (χ2v) is 4.04. The Bertz CT molecular complexity index is 241. The number of oxime groups is 1. The van der Waals surface area contributed by atoms with Crippen molar-refractivity contribution in [2.45, 2.75) is 40.0 Å². The molecule has 1 atom stereocenters. The number of carbonyl (C=O) groups excluding carboxylic acids is 1. The monoisotopic (exact) mass is 229 g/mol. The van der Waals surface area contributed by atoms with Crippen molar-refractivity contribution in [2.24, 2.45) is 16.8 Å². The SMILES string of the molecule is CCCC(C)C(=O)N(CCC)CC(N)=NO. The Morgan fingerprint density at radius 3 is 2.50 bits per heavy atom. The van der Waals surface area contributed by atoms with Gasteiger partial charge in [-0.15, -0.1) is 0 Å². The van der Waals surface area contributed by atoms with Crippen LogP contribution < -0.4 is 5.73 Å². The first-order chi connectivity index (χ1) is 7.56. The number of amides is 1. The van der Waals surface area contributed by atoms with Crippen LogP contribution in [0.1, 0.15) is 40.0 Å². The molecule has 1 unspecified atom stereocenters. The van der Waals surface area contributed by atoms with E-state index in [4.69, 9.17) is 10.9 Å². The second-order valence-electron chi connectivity index (χ2n) is 4.04. The molecule has 0 aromatic heterocycles. The van der Waals surface area contributed by atoms with Crippen LogP contribution in [0.3, 0.4) is 0 Å². The third kappa shape index (κ3) is 5.00. The topological polar surface area (TPSA) is 78.9 Å². The smallest absolute Gasteiger partial charge is 0.225 e. The predicted molar refractivity (Wildman–Crippen MR) is 64.4 cm³/mol. The average molecular weight is 229 g/mol. The van der Waals surface area contributed by atoms with E-state index in [0.717, 1.165) is 19.3 Å². The summed E-state index contributed by atoms with van der Waals surface area (Å²) in [5.41, 5.74) is 5.42. The number of rotatable bonds is 7. The first-order valence-electron chi connectivity index (χ1n) is 5.81. The maximum atomic E-state index is 12.0. The van der Waals surface area contributed by atoms with Gasteiger partial charge >= 0.3 is 0 Å². The van der Waals surface area contributed by atoms with Crippen molar-refractivity contribution in [3.63, 3.8) is 0 Å². The second kappa shape index (κ2) is 7.96. The summed E-state index contributed by atoms with van der Waals surface area (Å²) in [6.07, 6.45) is 2.72. The van der Waals surface area contributed by atoms with Crippen LogP contribution in [0.25, 0.3) is 0 Å². The maximum Gasteiger partial charge on any atom is 0.225 e. The van der Waals surface area contributed by atoms with E-state index < -0.39 is 0 Å². The van der Waals surface area contributed by atoms with Crippen molar-refractivity contribution in [1.82, 2.24) is 4.90 Å². The third-order valence-corrected chi connectivity index (χ3v) is 2.43. The molecule has 0 spiro atoms. The van der Waals surface area contributed by atoms with E-state index >= 15 is 0 Å². The normalized spacial score (nSPS) is 13.6. The summed E-state index contributed by atoms with van der Waals surface area (Å²) in [4.78, 5) is 13.7. The molecule has 3 N–H and O–H groups in total. The lowest BCUT2D eigenvalue weighted by Gasteiger charge is -2.24. The Morgan fingerprint density at radius 1 is 1.44 bits per heavy atom. The zero-order valence-electron chi connectivity index (χ0n) is 10.4. The van der Waals surface area contributed by atoms with E-state index in [-0.39, 0.29) is 24.2 Å². The molecule has 5 nitrogen and oxygen atoms in total. The first-order valence-corrected chi connectivity index (χ1v) is 5.81. The van der Waals surface area contributed by atoms with E-state index in [1.807, 2.05) is 13.8 Å². The fraction of sp³-hybridized carbons (Fsp3) is 0.818. The van der Waals surface area contributed by atoms with Gasteiger partial charge in [-0.2, -0.15) is 0 Å². The molecule has 0 heterocycles. The molecule has 16 heavy (non-hydrogen) atoms.